The Bertz CT molecular complexity index is 764. The van der Waals surface area contributed by atoms with E-state index >= 15 is 0 Å². The number of nitrogens with one attached hydrogen (secondary N) is 1. The summed E-state index contributed by atoms with van der Waals surface area (Å²) >= 11 is 1.41. The third-order valence-electron chi connectivity index (χ3n) is 3.92. The van der Waals surface area contributed by atoms with Crippen molar-refractivity contribution in [2.45, 2.75) is 17.6 Å². The van der Waals surface area contributed by atoms with Crippen LogP contribution in [0.2, 0.25) is 0 Å². The monoisotopic (exact) mass is 358 g/mol. The van der Waals surface area contributed by atoms with Crippen molar-refractivity contribution in [1.82, 2.24) is 15.3 Å². The summed E-state index contributed by atoms with van der Waals surface area (Å²) in [6, 6.07) is 7.02. The third-order valence-corrected chi connectivity index (χ3v) is 4.49. The third kappa shape index (κ3) is 3.90. The molecule has 1 aliphatic heterocycles. The molecule has 1 fully saturated rings. The van der Waals surface area contributed by atoms with Crippen LogP contribution >= 0.6 is 11.8 Å². The second-order valence-electron chi connectivity index (χ2n) is 5.54. The molecule has 0 radical (unpaired) electrons. The highest BCUT2D eigenvalue weighted by molar-refractivity contribution is 7.98. The number of aromatic nitrogens is 2. The Morgan fingerprint density at radius 3 is 2.56 bits per heavy atom. The SMILES string of the molecule is COc1ccc(N2C[C@@H](NC(=O)c3cnc(SC)nc3)CC2=O)cc1. The van der Waals surface area contributed by atoms with Crippen LogP contribution in [0.4, 0.5) is 5.69 Å². The van der Waals surface area contributed by atoms with E-state index in [4.69, 9.17) is 4.74 Å². The molecule has 3 rings (SSSR count). The minimum atomic E-state index is -0.276. The number of carbonyl (C=O) groups excluding carboxylic acids is 2. The van der Waals surface area contributed by atoms with Gasteiger partial charge in [0.2, 0.25) is 5.91 Å². The molecular formula is C17H18N4O3S. The van der Waals surface area contributed by atoms with Crippen LogP contribution in [-0.2, 0) is 4.79 Å². The number of thioether (sulfide) groups is 1. The Kier molecular flexibility index (Phi) is 5.18. The molecule has 1 aromatic heterocycles. The zero-order chi connectivity index (χ0) is 17.8. The molecular weight excluding hydrogens is 340 g/mol. The summed E-state index contributed by atoms with van der Waals surface area (Å²) in [6.45, 7) is 0.431. The van der Waals surface area contributed by atoms with Crippen LogP contribution in [0.5, 0.6) is 5.75 Å². The predicted molar refractivity (Wildman–Crippen MR) is 95.0 cm³/mol. The first-order chi connectivity index (χ1) is 12.1. The number of ether oxygens (including phenoxy) is 1. The number of carbonyl (C=O) groups is 2. The van der Waals surface area contributed by atoms with E-state index in [2.05, 4.69) is 15.3 Å². The molecule has 0 saturated carbocycles. The number of rotatable bonds is 5. The lowest BCUT2D eigenvalue weighted by Crippen LogP contribution is -2.37. The normalized spacial score (nSPS) is 16.8. The lowest BCUT2D eigenvalue weighted by atomic mass is 10.2. The van der Waals surface area contributed by atoms with Crippen molar-refractivity contribution in [1.29, 1.82) is 0 Å². The van der Waals surface area contributed by atoms with Gasteiger partial charge in [0.1, 0.15) is 5.75 Å². The Hall–Kier alpha value is -2.61. The van der Waals surface area contributed by atoms with E-state index in [0.29, 0.717) is 17.3 Å². The van der Waals surface area contributed by atoms with Gasteiger partial charge in [0.15, 0.2) is 5.16 Å². The van der Waals surface area contributed by atoms with E-state index in [1.807, 2.05) is 18.4 Å². The second kappa shape index (κ2) is 7.52. The lowest BCUT2D eigenvalue weighted by Gasteiger charge is -2.17. The van der Waals surface area contributed by atoms with Gasteiger partial charge in [0.05, 0.1) is 18.7 Å². The molecule has 0 spiro atoms. The number of amides is 2. The van der Waals surface area contributed by atoms with E-state index in [0.717, 1.165) is 11.4 Å². The number of hydrogen-bond donors (Lipinski definition) is 1. The van der Waals surface area contributed by atoms with Crippen molar-refractivity contribution in [3.8, 4) is 5.75 Å². The van der Waals surface area contributed by atoms with Crippen molar-refractivity contribution < 1.29 is 14.3 Å². The van der Waals surface area contributed by atoms with Gasteiger partial charge in [-0.15, -0.1) is 0 Å². The van der Waals surface area contributed by atoms with Crippen molar-refractivity contribution in [2.24, 2.45) is 0 Å². The molecule has 1 saturated heterocycles. The van der Waals surface area contributed by atoms with Crippen LogP contribution < -0.4 is 15.0 Å². The van der Waals surface area contributed by atoms with Gasteiger partial charge in [0, 0.05) is 31.0 Å². The van der Waals surface area contributed by atoms with Gasteiger partial charge >= 0.3 is 0 Å². The molecule has 2 amide bonds. The van der Waals surface area contributed by atoms with E-state index < -0.39 is 0 Å². The Labute approximate surface area is 149 Å². The molecule has 0 aliphatic carbocycles. The fraction of sp³-hybridized carbons (Fsp3) is 0.294. The zero-order valence-electron chi connectivity index (χ0n) is 13.9. The molecule has 8 heteroatoms. The average Bonchev–Trinajstić information content (AvgIpc) is 3.02. The van der Waals surface area contributed by atoms with Gasteiger partial charge in [0.25, 0.3) is 5.91 Å². The highest BCUT2D eigenvalue weighted by Gasteiger charge is 2.31. The topological polar surface area (TPSA) is 84.4 Å². The summed E-state index contributed by atoms with van der Waals surface area (Å²) in [6.07, 6.45) is 5.12. The van der Waals surface area contributed by atoms with Gasteiger partial charge in [-0.1, -0.05) is 11.8 Å². The van der Waals surface area contributed by atoms with Gasteiger partial charge in [-0.25, -0.2) is 9.97 Å². The van der Waals surface area contributed by atoms with Crippen molar-refractivity contribution in [3.05, 3.63) is 42.2 Å². The fourth-order valence-corrected chi connectivity index (χ4v) is 2.94. The maximum Gasteiger partial charge on any atom is 0.254 e. The largest absolute Gasteiger partial charge is 0.497 e. The van der Waals surface area contributed by atoms with E-state index in [-0.39, 0.29) is 24.3 Å². The molecule has 2 heterocycles. The van der Waals surface area contributed by atoms with Crippen LogP contribution in [0.15, 0.2) is 41.8 Å². The molecule has 1 aromatic carbocycles. The number of hydrogen-bond acceptors (Lipinski definition) is 6. The summed E-state index contributed by atoms with van der Waals surface area (Å²) in [5, 5.41) is 3.48. The number of nitrogens with zero attached hydrogens (tertiary/aromatic N) is 3. The first-order valence-electron chi connectivity index (χ1n) is 7.72. The Morgan fingerprint density at radius 1 is 1.28 bits per heavy atom. The highest BCUT2D eigenvalue weighted by atomic mass is 32.2. The molecule has 130 valence electrons. The molecule has 1 atom stereocenters. The van der Waals surface area contributed by atoms with Crippen molar-refractivity contribution >= 4 is 29.3 Å². The molecule has 1 aliphatic rings. The maximum atomic E-state index is 12.3. The van der Waals surface area contributed by atoms with Crippen LogP contribution in [-0.4, -0.2) is 47.7 Å². The van der Waals surface area contributed by atoms with Crippen LogP contribution in [0.1, 0.15) is 16.8 Å². The number of methoxy groups -OCH3 is 1. The van der Waals surface area contributed by atoms with Crippen molar-refractivity contribution in [3.63, 3.8) is 0 Å². The smallest absolute Gasteiger partial charge is 0.254 e. The molecule has 0 bridgehead atoms. The van der Waals surface area contributed by atoms with Crippen LogP contribution in [0, 0.1) is 0 Å². The average molecular weight is 358 g/mol. The maximum absolute atomic E-state index is 12.3. The summed E-state index contributed by atoms with van der Waals surface area (Å²) in [7, 11) is 1.59. The first-order valence-corrected chi connectivity index (χ1v) is 8.94. The van der Waals surface area contributed by atoms with E-state index in [1.54, 1.807) is 24.1 Å². The lowest BCUT2D eigenvalue weighted by molar-refractivity contribution is -0.117. The Balaban J connectivity index is 1.64. The summed E-state index contributed by atoms with van der Waals surface area (Å²) in [5.41, 5.74) is 1.17. The second-order valence-corrected chi connectivity index (χ2v) is 6.31. The van der Waals surface area contributed by atoms with Gasteiger partial charge in [-0.05, 0) is 30.5 Å². The summed E-state index contributed by atoms with van der Waals surface area (Å²) in [4.78, 5) is 34.4. The molecule has 0 unspecified atom stereocenters. The molecule has 1 N–H and O–H groups in total. The molecule has 7 nitrogen and oxygen atoms in total. The summed E-state index contributed by atoms with van der Waals surface area (Å²) in [5.74, 6) is 0.431. The Morgan fingerprint density at radius 2 is 1.96 bits per heavy atom. The van der Waals surface area contributed by atoms with Gasteiger partial charge in [-0.2, -0.15) is 0 Å². The first kappa shape index (κ1) is 17.2. The number of anilines is 1. The minimum absolute atomic E-state index is 0.0237. The predicted octanol–water partition coefficient (Wildman–Crippen LogP) is 1.74. The molecule has 2 aromatic rings. The van der Waals surface area contributed by atoms with E-state index in [9.17, 15) is 9.59 Å². The van der Waals surface area contributed by atoms with Crippen LogP contribution in [0.3, 0.4) is 0 Å². The van der Waals surface area contributed by atoms with Crippen LogP contribution in [0.25, 0.3) is 0 Å². The fourth-order valence-electron chi connectivity index (χ4n) is 2.62. The zero-order valence-corrected chi connectivity index (χ0v) is 14.7. The van der Waals surface area contributed by atoms with Gasteiger partial charge < -0.3 is 15.0 Å². The minimum Gasteiger partial charge on any atom is -0.497 e. The van der Waals surface area contributed by atoms with Gasteiger partial charge in [-0.3, -0.25) is 9.59 Å². The molecule has 25 heavy (non-hydrogen) atoms. The summed E-state index contributed by atoms with van der Waals surface area (Å²) < 4.78 is 5.12. The van der Waals surface area contributed by atoms with Crippen molar-refractivity contribution in [2.75, 3.05) is 24.8 Å². The van der Waals surface area contributed by atoms with E-state index in [1.165, 1.54) is 24.2 Å². The standard InChI is InChI=1S/C17H18N4O3S/c1-24-14-5-3-13(4-6-14)21-10-12(7-15(21)22)20-16(23)11-8-18-17(25-2)19-9-11/h3-6,8-9,12H,7,10H2,1-2H3,(H,20,23)/t12-/m0/s1. The number of benzene rings is 1. The quantitative estimate of drug-likeness (QED) is 0.647. The highest BCUT2D eigenvalue weighted by Crippen LogP contribution is 2.24.